The molecule has 98 valence electrons. The molecule has 0 aliphatic heterocycles. The predicted octanol–water partition coefficient (Wildman–Crippen LogP) is 1.66. The SMILES string of the molecule is CC(NC(=O)N[C@@H](C)C(=O)O)c1ccc(F)cc1. The number of hydrogen-bond donors (Lipinski definition) is 3. The molecular weight excluding hydrogens is 239 g/mol. The van der Waals surface area contributed by atoms with Crippen molar-refractivity contribution in [2.75, 3.05) is 0 Å². The van der Waals surface area contributed by atoms with Gasteiger partial charge < -0.3 is 15.7 Å². The maximum Gasteiger partial charge on any atom is 0.325 e. The van der Waals surface area contributed by atoms with E-state index in [9.17, 15) is 14.0 Å². The van der Waals surface area contributed by atoms with E-state index in [0.29, 0.717) is 0 Å². The molecule has 0 aromatic heterocycles. The number of urea groups is 1. The molecule has 18 heavy (non-hydrogen) atoms. The fraction of sp³-hybridized carbons (Fsp3) is 0.333. The van der Waals surface area contributed by atoms with Gasteiger partial charge in [-0.3, -0.25) is 4.79 Å². The quantitative estimate of drug-likeness (QED) is 0.764. The molecule has 2 amide bonds. The lowest BCUT2D eigenvalue weighted by molar-refractivity contribution is -0.138. The first-order valence-electron chi connectivity index (χ1n) is 5.45. The van der Waals surface area contributed by atoms with Crippen molar-refractivity contribution in [1.29, 1.82) is 0 Å². The summed E-state index contributed by atoms with van der Waals surface area (Å²) < 4.78 is 12.7. The summed E-state index contributed by atoms with van der Waals surface area (Å²) in [4.78, 5) is 22.0. The second kappa shape index (κ2) is 6.00. The monoisotopic (exact) mass is 254 g/mol. The highest BCUT2D eigenvalue weighted by molar-refractivity contribution is 5.82. The van der Waals surface area contributed by atoms with E-state index < -0.39 is 18.0 Å². The van der Waals surface area contributed by atoms with Crippen molar-refractivity contribution in [3.05, 3.63) is 35.6 Å². The summed E-state index contributed by atoms with van der Waals surface area (Å²) >= 11 is 0. The van der Waals surface area contributed by atoms with Crippen LogP contribution in [0.1, 0.15) is 25.5 Å². The third-order valence-corrected chi connectivity index (χ3v) is 2.44. The van der Waals surface area contributed by atoms with Crippen molar-refractivity contribution in [2.24, 2.45) is 0 Å². The Morgan fingerprint density at radius 2 is 1.72 bits per heavy atom. The number of carboxylic acid groups (broad SMARTS) is 1. The van der Waals surface area contributed by atoms with E-state index >= 15 is 0 Å². The number of carbonyl (C=O) groups excluding carboxylic acids is 1. The Hall–Kier alpha value is -2.11. The van der Waals surface area contributed by atoms with Crippen LogP contribution in [-0.4, -0.2) is 23.1 Å². The lowest BCUT2D eigenvalue weighted by Crippen LogP contribution is -2.45. The van der Waals surface area contributed by atoms with Crippen molar-refractivity contribution in [3.63, 3.8) is 0 Å². The van der Waals surface area contributed by atoms with Crippen LogP contribution >= 0.6 is 0 Å². The maximum atomic E-state index is 12.7. The number of nitrogens with one attached hydrogen (secondary N) is 2. The van der Waals surface area contributed by atoms with Gasteiger partial charge in [0.25, 0.3) is 0 Å². The Morgan fingerprint density at radius 3 is 2.22 bits per heavy atom. The van der Waals surface area contributed by atoms with Crippen LogP contribution in [-0.2, 0) is 4.79 Å². The molecule has 6 heteroatoms. The molecule has 1 rings (SSSR count). The number of carbonyl (C=O) groups is 2. The first-order chi connectivity index (χ1) is 8.40. The minimum atomic E-state index is -1.11. The highest BCUT2D eigenvalue weighted by Crippen LogP contribution is 2.12. The predicted molar refractivity (Wildman–Crippen MR) is 63.6 cm³/mol. The van der Waals surface area contributed by atoms with E-state index in [1.165, 1.54) is 19.1 Å². The lowest BCUT2D eigenvalue weighted by atomic mass is 10.1. The summed E-state index contributed by atoms with van der Waals surface area (Å²) in [7, 11) is 0. The number of aliphatic carboxylic acids is 1. The lowest BCUT2D eigenvalue weighted by Gasteiger charge is -2.16. The fourth-order valence-corrected chi connectivity index (χ4v) is 1.33. The highest BCUT2D eigenvalue weighted by Gasteiger charge is 2.15. The Morgan fingerprint density at radius 1 is 1.17 bits per heavy atom. The van der Waals surface area contributed by atoms with E-state index in [1.807, 2.05) is 0 Å². The molecule has 0 radical (unpaired) electrons. The van der Waals surface area contributed by atoms with Crippen molar-refractivity contribution >= 4 is 12.0 Å². The molecule has 0 bridgehead atoms. The average Bonchev–Trinajstić information content (AvgIpc) is 2.29. The van der Waals surface area contributed by atoms with Gasteiger partial charge in [-0.1, -0.05) is 12.1 Å². The van der Waals surface area contributed by atoms with Gasteiger partial charge in [-0.15, -0.1) is 0 Å². The van der Waals surface area contributed by atoms with Crippen LogP contribution in [0.15, 0.2) is 24.3 Å². The van der Waals surface area contributed by atoms with Crippen LogP contribution in [0, 0.1) is 5.82 Å². The van der Waals surface area contributed by atoms with Crippen molar-refractivity contribution in [1.82, 2.24) is 10.6 Å². The van der Waals surface area contributed by atoms with Gasteiger partial charge in [0.05, 0.1) is 6.04 Å². The zero-order valence-corrected chi connectivity index (χ0v) is 10.1. The molecule has 0 saturated carbocycles. The van der Waals surface area contributed by atoms with Gasteiger partial charge in [-0.2, -0.15) is 0 Å². The molecule has 0 saturated heterocycles. The first-order valence-corrected chi connectivity index (χ1v) is 5.45. The summed E-state index contributed by atoms with van der Waals surface area (Å²) in [5, 5.41) is 13.5. The van der Waals surface area contributed by atoms with Crippen molar-refractivity contribution in [3.8, 4) is 0 Å². The van der Waals surface area contributed by atoms with Crippen LogP contribution < -0.4 is 10.6 Å². The maximum absolute atomic E-state index is 12.7. The van der Waals surface area contributed by atoms with Gasteiger partial charge in [0, 0.05) is 0 Å². The number of halogens is 1. The van der Waals surface area contributed by atoms with E-state index in [1.54, 1.807) is 19.1 Å². The van der Waals surface area contributed by atoms with Crippen molar-refractivity contribution < 1.29 is 19.1 Å². The Kier molecular flexibility index (Phi) is 4.65. The van der Waals surface area contributed by atoms with E-state index in [-0.39, 0.29) is 11.9 Å². The van der Waals surface area contributed by atoms with Crippen LogP contribution in [0.2, 0.25) is 0 Å². The van der Waals surface area contributed by atoms with E-state index in [2.05, 4.69) is 10.6 Å². The summed E-state index contributed by atoms with van der Waals surface area (Å²) in [6, 6.07) is 3.82. The van der Waals surface area contributed by atoms with Gasteiger partial charge in [-0.25, -0.2) is 9.18 Å². The minimum Gasteiger partial charge on any atom is -0.480 e. The first kappa shape index (κ1) is 14.0. The molecule has 5 nitrogen and oxygen atoms in total. The summed E-state index contributed by atoms with van der Waals surface area (Å²) in [6.45, 7) is 3.09. The number of carboxylic acids is 1. The van der Waals surface area contributed by atoms with Crippen LogP contribution in [0.3, 0.4) is 0 Å². The molecule has 0 spiro atoms. The molecule has 0 fully saturated rings. The molecule has 1 unspecified atom stereocenters. The second-order valence-corrected chi connectivity index (χ2v) is 3.95. The van der Waals surface area contributed by atoms with Gasteiger partial charge in [0.1, 0.15) is 11.9 Å². The summed E-state index contributed by atoms with van der Waals surface area (Å²) in [5.41, 5.74) is 0.731. The summed E-state index contributed by atoms with van der Waals surface area (Å²) in [5.74, 6) is -1.46. The standard InChI is InChI=1S/C12H15FN2O3/c1-7(9-3-5-10(13)6-4-9)14-12(18)15-8(2)11(16)17/h3-8H,1-2H3,(H,16,17)(H2,14,15,18)/t7?,8-/m0/s1. The Balaban J connectivity index is 2.54. The smallest absolute Gasteiger partial charge is 0.325 e. The van der Waals surface area contributed by atoms with E-state index in [0.717, 1.165) is 5.56 Å². The van der Waals surface area contributed by atoms with Crippen LogP contribution in [0.4, 0.5) is 9.18 Å². The van der Waals surface area contributed by atoms with Gasteiger partial charge in [0.15, 0.2) is 0 Å². The van der Waals surface area contributed by atoms with Gasteiger partial charge in [0.2, 0.25) is 0 Å². The third kappa shape index (κ3) is 4.04. The molecule has 1 aromatic rings. The van der Waals surface area contributed by atoms with Gasteiger partial charge >= 0.3 is 12.0 Å². The van der Waals surface area contributed by atoms with Gasteiger partial charge in [-0.05, 0) is 31.5 Å². The fourth-order valence-electron chi connectivity index (χ4n) is 1.33. The van der Waals surface area contributed by atoms with Crippen molar-refractivity contribution in [2.45, 2.75) is 25.9 Å². The minimum absolute atomic E-state index is 0.341. The highest BCUT2D eigenvalue weighted by atomic mass is 19.1. The van der Waals surface area contributed by atoms with Crippen LogP contribution in [0.5, 0.6) is 0 Å². The largest absolute Gasteiger partial charge is 0.480 e. The molecule has 0 aliphatic rings. The van der Waals surface area contributed by atoms with Crippen LogP contribution in [0.25, 0.3) is 0 Å². The second-order valence-electron chi connectivity index (χ2n) is 3.95. The number of rotatable bonds is 4. The molecule has 0 heterocycles. The number of hydrogen-bond acceptors (Lipinski definition) is 2. The molecule has 0 aliphatic carbocycles. The number of benzene rings is 1. The molecular formula is C12H15FN2O3. The zero-order valence-electron chi connectivity index (χ0n) is 10.1. The third-order valence-electron chi connectivity index (χ3n) is 2.44. The molecule has 1 aromatic carbocycles. The number of amides is 2. The topological polar surface area (TPSA) is 78.4 Å². The molecule has 2 atom stereocenters. The average molecular weight is 254 g/mol. The normalized spacial score (nSPS) is 13.5. The Labute approximate surface area is 104 Å². The van der Waals surface area contributed by atoms with E-state index in [4.69, 9.17) is 5.11 Å². The molecule has 3 N–H and O–H groups in total. The Bertz CT molecular complexity index is 433. The summed E-state index contributed by atoms with van der Waals surface area (Å²) in [6.07, 6.45) is 0. The zero-order chi connectivity index (χ0) is 13.7.